The van der Waals surface area contributed by atoms with Crippen molar-refractivity contribution in [1.29, 1.82) is 0 Å². The molecule has 1 aromatic carbocycles. The van der Waals surface area contributed by atoms with E-state index in [-0.39, 0.29) is 6.04 Å². The van der Waals surface area contributed by atoms with E-state index in [1.54, 1.807) is 0 Å². The van der Waals surface area contributed by atoms with E-state index in [4.69, 9.17) is 0 Å². The number of nitrogens with zero attached hydrogens (tertiary/aromatic N) is 3. The van der Waals surface area contributed by atoms with Gasteiger partial charge in [-0.15, -0.1) is 0 Å². The molecule has 0 radical (unpaired) electrons. The third-order valence-electron chi connectivity index (χ3n) is 5.43. The summed E-state index contributed by atoms with van der Waals surface area (Å²) in [5.74, 6) is 0.295. The lowest BCUT2D eigenvalue weighted by Gasteiger charge is -2.42. The molecule has 0 aliphatic carbocycles. The molecule has 126 valence electrons. The number of likely N-dealkylation sites (tertiary alicyclic amines) is 1. The Bertz CT molecular complexity index is 532. The summed E-state index contributed by atoms with van der Waals surface area (Å²) in [5, 5.41) is 0. The van der Waals surface area contributed by atoms with E-state index in [0.29, 0.717) is 11.9 Å². The molecule has 0 N–H and O–H groups in total. The molecule has 0 unspecified atom stereocenters. The van der Waals surface area contributed by atoms with Crippen LogP contribution in [0.5, 0.6) is 0 Å². The van der Waals surface area contributed by atoms with Gasteiger partial charge in [-0.25, -0.2) is 0 Å². The number of piperidine rings is 2. The zero-order valence-corrected chi connectivity index (χ0v) is 14.7. The third kappa shape index (κ3) is 3.59. The molecule has 2 fully saturated rings. The van der Waals surface area contributed by atoms with Crippen molar-refractivity contribution in [2.45, 2.75) is 44.7 Å². The number of carbonyl (C=O) groups excluding carboxylic acids is 1. The number of carbonyl (C=O) groups is 1. The standard InChI is InChI=1S/C19H29N3O/c1-15-6-8-17(9-7-15)22-12-4-5-18(19(22)23)21-13-10-16(11-14-21)20(2)3/h6-9,16,18H,4-5,10-14H2,1-3H3/t18-/m0/s1. The highest BCUT2D eigenvalue weighted by molar-refractivity contribution is 5.97. The predicted octanol–water partition coefficient (Wildman–Crippen LogP) is 2.52. The lowest BCUT2D eigenvalue weighted by atomic mass is 9.97. The summed E-state index contributed by atoms with van der Waals surface area (Å²) < 4.78 is 0. The third-order valence-corrected chi connectivity index (χ3v) is 5.43. The quantitative estimate of drug-likeness (QED) is 0.857. The first-order valence-electron chi connectivity index (χ1n) is 8.85. The summed E-state index contributed by atoms with van der Waals surface area (Å²) in [7, 11) is 4.32. The van der Waals surface area contributed by atoms with Crippen molar-refractivity contribution in [3.8, 4) is 0 Å². The van der Waals surface area contributed by atoms with Crippen molar-refractivity contribution >= 4 is 11.6 Å². The summed E-state index contributed by atoms with van der Waals surface area (Å²) in [5.41, 5.74) is 2.29. The molecular weight excluding hydrogens is 286 g/mol. The first kappa shape index (κ1) is 16.5. The molecule has 2 saturated heterocycles. The molecule has 3 rings (SSSR count). The molecule has 0 aromatic heterocycles. The predicted molar refractivity (Wildman–Crippen MR) is 94.8 cm³/mol. The fraction of sp³-hybridized carbons (Fsp3) is 0.632. The minimum Gasteiger partial charge on any atom is -0.311 e. The van der Waals surface area contributed by atoms with Crippen molar-refractivity contribution in [3.05, 3.63) is 29.8 Å². The van der Waals surface area contributed by atoms with Crippen molar-refractivity contribution < 1.29 is 4.79 Å². The maximum absolute atomic E-state index is 13.0. The zero-order chi connectivity index (χ0) is 16.4. The maximum Gasteiger partial charge on any atom is 0.244 e. The molecule has 4 nitrogen and oxygen atoms in total. The van der Waals surface area contributed by atoms with E-state index in [1.165, 1.54) is 18.4 Å². The average molecular weight is 315 g/mol. The minimum absolute atomic E-state index is 0.0770. The first-order chi connectivity index (χ1) is 11.1. The van der Waals surface area contributed by atoms with Crippen LogP contribution >= 0.6 is 0 Å². The number of hydrogen-bond donors (Lipinski definition) is 0. The molecule has 2 aliphatic rings. The molecule has 0 spiro atoms. The normalized spacial score (nSPS) is 24.4. The van der Waals surface area contributed by atoms with Crippen molar-refractivity contribution in [3.63, 3.8) is 0 Å². The van der Waals surface area contributed by atoms with E-state index >= 15 is 0 Å². The Balaban J connectivity index is 1.67. The molecule has 23 heavy (non-hydrogen) atoms. The molecule has 1 atom stereocenters. The maximum atomic E-state index is 13.0. The smallest absolute Gasteiger partial charge is 0.244 e. The number of benzene rings is 1. The zero-order valence-electron chi connectivity index (χ0n) is 14.7. The molecular formula is C19H29N3O. The van der Waals surface area contributed by atoms with Gasteiger partial charge in [0.15, 0.2) is 0 Å². The second-order valence-electron chi connectivity index (χ2n) is 7.21. The fourth-order valence-electron chi connectivity index (χ4n) is 3.89. The second kappa shape index (κ2) is 7.02. The van der Waals surface area contributed by atoms with Crippen molar-refractivity contribution in [2.24, 2.45) is 0 Å². The van der Waals surface area contributed by atoms with Crippen LogP contribution in [0.4, 0.5) is 5.69 Å². The highest BCUT2D eigenvalue weighted by Gasteiger charge is 2.35. The number of hydrogen-bond acceptors (Lipinski definition) is 3. The van der Waals surface area contributed by atoms with Gasteiger partial charge < -0.3 is 9.80 Å². The van der Waals surface area contributed by atoms with Gasteiger partial charge in [-0.3, -0.25) is 9.69 Å². The Morgan fingerprint density at radius 3 is 2.26 bits per heavy atom. The summed E-state index contributed by atoms with van der Waals surface area (Å²) in [6.45, 7) is 5.02. The van der Waals surface area contributed by atoms with Crippen LogP contribution in [0.1, 0.15) is 31.2 Å². The number of rotatable bonds is 3. The van der Waals surface area contributed by atoms with Crippen LogP contribution in [0.2, 0.25) is 0 Å². The largest absolute Gasteiger partial charge is 0.311 e. The molecule has 4 heteroatoms. The van der Waals surface area contributed by atoms with Crippen LogP contribution in [-0.4, -0.2) is 61.5 Å². The Hall–Kier alpha value is -1.39. The lowest BCUT2D eigenvalue weighted by Crippen LogP contribution is -2.55. The molecule has 1 amide bonds. The summed E-state index contributed by atoms with van der Waals surface area (Å²) in [6, 6.07) is 9.08. The van der Waals surface area contributed by atoms with Crippen LogP contribution in [0.15, 0.2) is 24.3 Å². The van der Waals surface area contributed by atoms with Crippen LogP contribution in [0.25, 0.3) is 0 Å². The van der Waals surface area contributed by atoms with Crippen LogP contribution in [0, 0.1) is 6.92 Å². The van der Waals surface area contributed by atoms with Crippen LogP contribution in [0.3, 0.4) is 0 Å². The van der Waals surface area contributed by atoms with Gasteiger partial charge in [-0.2, -0.15) is 0 Å². The average Bonchev–Trinajstić information content (AvgIpc) is 2.56. The van der Waals surface area contributed by atoms with E-state index < -0.39 is 0 Å². The number of anilines is 1. The van der Waals surface area contributed by atoms with Gasteiger partial charge in [0.25, 0.3) is 0 Å². The topological polar surface area (TPSA) is 26.8 Å². The monoisotopic (exact) mass is 315 g/mol. The molecule has 0 saturated carbocycles. The van der Waals surface area contributed by atoms with Gasteiger partial charge in [-0.05, 0) is 58.8 Å². The highest BCUT2D eigenvalue weighted by Crippen LogP contribution is 2.26. The van der Waals surface area contributed by atoms with Gasteiger partial charge in [0.2, 0.25) is 5.91 Å². The van der Waals surface area contributed by atoms with E-state index in [0.717, 1.165) is 38.2 Å². The molecule has 0 bridgehead atoms. The molecule has 1 aromatic rings. The summed E-state index contributed by atoms with van der Waals surface area (Å²) in [4.78, 5) is 19.7. The van der Waals surface area contributed by atoms with E-state index in [2.05, 4.69) is 55.1 Å². The Morgan fingerprint density at radius 2 is 1.65 bits per heavy atom. The van der Waals surface area contributed by atoms with E-state index in [9.17, 15) is 4.79 Å². The first-order valence-corrected chi connectivity index (χ1v) is 8.85. The molecule has 2 heterocycles. The lowest BCUT2D eigenvalue weighted by molar-refractivity contribution is -0.126. The summed E-state index contributed by atoms with van der Waals surface area (Å²) >= 11 is 0. The fourth-order valence-corrected chi connectivity index (χ4v) is 3.89. The van der Waals surface area contributed by atoms with Gasteiger partial charge in [0.05, 0.1) is 6.04 Å². The Morgan fingerprint density at radius 1 is 1.00 bits per heavy atom. The number of aryl methyl sites for hydroxylation is 1. The summed E-state index contributed by atoms with van der Waals surface area (Å²) in [6.07, 6.45) is 4.44. The van der Waals surface area contributed by atoms with Crippen molar-refractivity contribution in [2.75, 3.05) is 38.6 Å². The van der Waals surface area contributed by atoms with Gasteiger partial charge in [-0.1, -0.05) is 17.7 Å². The SMILES string of the molecule is Cc1ccc(N2CCC[C@H](N3CCC(N(C)C)CC3)C2=O)cc1. The van der Waals surface area contributed by atoms with Gasteiger partial charge >= 0.3 is 0 Å². The van der Waals surface area contributed by atoms with Crippen molar-refractivity contribution in [1.82, 2.24) is 9.80 Å². The van der Waals surface area contributed by atoms with Crippen LogP contribution in [-0.2, 0) is 4.79 Å². The minimum atomic E-state index is 0.0770. The number of amides is 1. The van der Waals surface area contributed by atoms with E-state index in [1.807, 2.05) is 4.90 Å². The highest BCUT2D eigenvalue weighted by atomic mass is 16.2. The van der Waals surface area contributed by atoms with Crippen LogP contribution < -0.4 is 4.90 Å². The second-order valence-corrected chi connectivity index (χ2v) is 7.21. The van der Waals surface area contributed by atoms with Gasteiger partial charge in [0.1, 0.15) is 0 Å². The Labute approximate surface area is 140 Å². The molecule has 2 aliphatic heterocycles. The Kier molecular flexibility index (Phi) is 5.02. The van der Waals surface area contributed by atoms with Gasteiger partial charge in [0, 0.05) is 31.4 Å².